The fraction of sp³-hybridized carbons (Fsp3) is 0.130. The van der Waals surface area contributed by atoms with Crippen molar-refractivity contribution in [3.63, 3.8) is 0 Å². The molecule has 0 fully saturated rings. The minimum absolute atomic E-state index is 0.0615. The van der Waals surface area contributed by atoms with Gasteiger partial charge in [0, 0.05) is 36.0 Å². The number of aryl methyl sites for hydroxylation is 1. The van der Waals surface area contributed by atoms with Gasteiger partial charge < -0.3 is 9.47 Å². The monoisotopic (exact) mass is 373 g/mol. The van der Waals surface area contributed by atoms with Crippen LogP contribution in [0.3, 0.4) is 0 Å². The summed E-state index contributed by atoms with van der Waals surface area (Å²) < 4.78 is 15.4. The summed E-state index contributed by atoms with van der Waals surface area (Å²) in [6, 6.07) is 19.6. The topological polar surface area (TPSA) is 38.1 Å². The molecule has 2 aromatic carbocycles. The standard InChI is InChI=1S/C23H20FN3O/c1-26-15-17(21-7-2-3-8-22(21)26)14-23(28)27(16-19-6-4-5-13-25-19)20-11-9-18(24)10-12-20/h2-13,15H,14,16H2,1H3. The average molecular weight is 373 g/mol. The number of carbonyl (C=O) groups is 1. The van der Waals surface area contributed by atoms with Crippen molar-refractivity contribution in [1.29, 1.82) is 0 Å². The van der Waals surface area contributed by atoms with E-state index in [0.29, 0.717) is 12.2 Å². The molecule has 0 radical (unpaired) electrons. The zero-order valence-corrected chi connectivity index (χ0v) is 15.5. The maximum absolute atomic E-state index is 13.4. The summed E-state index contributed by atoms with van der Waals surface area (Å²) in [5.41, 5.74) is 3.48. The Morgan fingerprint density at radius 3 is 2.54 bits per heavy atom. The van der Waals surface area contributed by atoms with E-state index in [1.807, 2.05) is 60.3 Å². The quantitative estimate of drug-likeness (QED) is 0.517. The number of carbonyl (C=O) groups excluding carboxylic acids is 1. The Morgan fingerprint density at radius 1 is 1.04 bits per heavy atom. The molecule has 0 N–H and O–H groups in total. The first-order valence-corrected chi connectivity index (χ1v) is 9.10. The van der Waals surface area contributed by atoms with Gasteiger partial charge in [0.15, 0.2) is 0 Å². The number of hydrogen-bond donors (Lipinski definition) is 0. The molecule has 2 heterocycles. The lowest BCUT2D eigenvalue weighted by Gasteiger charge is -2.22. The number of pyridine rings is 1. The highest BCUT2D eigenvalue weighted by molar-refractivity contribution is 5.97. The molecule has 0 spiro atoms. The molecule has 0 atom stereocenters. The molecule has 4 aromatic rings. The lowest BCUT2D eigenvalue weighted by molar-refractivity contribution is -0.118. The molecule has 0 aliphatic heterocycles. The van der Waals surface area contributed by atoms with Gasteiger partial charge in [-0.1, -0.05) is 24.3 Å². The van der Waals surface area contributed by atoms with Crippen molar-refractivity contribution < 1.29 is 9.18 Å². The lowest BCUT2D eigenvalue weighted by Crippen LogP contribution is -2.32. The maximum Gasteiger partial charge on any atom is 0.231 e. The summed E-state index contributed by atoms with van der Waals surface area (Å²) in [7, 11) is 1.97. The zero-order chi connectivity index (χ0) is 19.5. The zero-order valence-electron chi connectivity index (χ0n) is 15.5. The Morgan fingerprint density at radius 2 is 1.79 bits per heavy atom. The third-order valence-corrected chi connectivity index (χ3v) is 4.81. The van der Waals surface area contributed by atoms with Gasteiger partial charge in [0.05, 0.1) is 18.7 Å². The van der Waals surface area contributed by atoms with Gasteiger partial charge in [-0.2, -0.15) is 0 Å². The fourth-order valence-electron chi connectivity index (χ4n) is 3.42. The largest absolute Gasteiger partial charge is 0.350 e. The van der Waals surface area contributed by atoms with Crippen LogP contribution >= 0.6 is 0 Å². The molecular weight excluding hydrogens is 353 g/mol. The third kappa shape index (κ3) is 3.64. The second-order valence-corrected chi connectivity index (χ2v) is 6.74. The Balaban J connectivity index is 1.66. The molecule has 0 saturated carbocycles. The molecular formula is C23H20FN3O. The van der Waals surface area contributed by atoms with E-state index in [1.54, 1.807) is 23.2 Å². The van der Waals surface area contributed by atoms with Gasteiger partial charge in [-0.15, -0.1) is 0 Å². The van der Waals surface area contributed by atoms with Crippen LogP contribution in [0.5, 0.6) is 0 Å². The van der Waals surface area contributed by atoms with E-state index >= 15 is 0 Å². The number of hydrogen-bond acceptors (Lipinski definition) is 2. The van der Waals surface area contributed by atoms with E-state index < -0.39 is 0 Å². The SMILES string of the molecule is Cn1cc(CC(=O)N(Cc2ccccn2)c2ccc(F)cc2)c2ccccc21. The molecule has 28 heavy (non-hydrogen) atoms. The van der Waals surface area contributed by atoms with E-state index in [2.05, 4.69) is 4.98 Å². The number of para-hydroxylation sites is 1. The van der Waals surface area contributed by atoms with E-state index in [9.17, 15) is 9.18 Å². The number of nitrogens with zero attached hydrogens (tertiary/aromatic N) is 3. The third-order valence-electron chi connectivity index (χ3n) is 4.81. The van der Waals surface area contributed by atoms with Gasteiger partial charge in [-0.3, -0.25) is 9.78 Å². The van der Waals surface area contributed by atoms with Crippen LogP contribution in [0.4, 0.5) is 10.1 Å². The highest BCUT2D eigenvalue weighted by Crippen LogP contribution is 2.24. The van der Waals surface area contributed by atoms with Crippen LogP contribution in [-0.4, -0.2) is 15.5 Å². The predicted molar refractivity (Wildman–Crippen MR) is 108 cm³/mol. The summed E-state index contributed by atoms with van der Waals surface area (Å²) in [4.78, 5) is 19.2. The van der Waals surface area contributed by atoms with E-state index in [-0.39, 0.29) is 18.1 Å². The van der Waals surface area contributed by atoms with E-state index in [1.165, 1.54) is 12.1 Å². The summed E-state index contributed by atoms with van der Waals surface area (Å²) in [5, 5.41) is 1.07. The molecule has 5 heteroatoms. The number of anilines is 1. The van der Waals surface area contributed by atoms with Crippen molar-refractivity contribution in [1.82, 2.24) is 9.55 Å². The van der Waals surface area contributed by atoms with Gasteiger partial charge in [0.2, 0.25) is 5.91 Å². The van der Waals surface area contributed by atoms with Crippen molar-refractivity contribution in [2.24, 2.45) is 7.05 Å². The van der Waals surface area contributed by atoms with Crippen LogP contribution in [0.2, 0.25) is 0 Å². The van der Waals surface area contributed by atoms with Crippen LogP contribution in [0.15, 0.2) is 79.1 Å². The number of amides is 1. The summed E-state index contributed by atoms with van der Waals surface area (Å²) in [5.74, 6) is -0.392. The molecule has 140 valence electrons. The number of benzene rings is 2. The molecule has 1 amide bonds. The molecule has 2 aromatic heterocycles. The van der Waals surface area contributed by atoms with Crippen LogP contribution in [-0.2, 0) is 24.8 Å². The van der Waals surface area contributed by atoms with Crippen LogP contribution < -0.4 is 4.90 Å². The Kier molecular flexibility index (Phi) is 4.89. The Bertz CT molecular complexity index is 1100. The van der Waals surface area contributed by atoms with Crippen LogP contribution in [0, 0.1) is 5.82 Å². The summed E-state index contributed by atoms with van der Waals surface area (Å²) >= 11 is 0. The van der Waals surface area contributed by atoms with Gasteiger partial charge in [-0.05, 0) is 48.0 Å². The van der Waals surface area contributed by atoms with Gasteiger partial charge in [0.25, 0.3) is 0 Å². The van der Waals surface area contributed by atoms with Crippen LogP contribution in [0.1, 0.15) is 11.3 Å². The van der Waals surface area contributed by atoms with Gasteiger partial charge in [0.1, 0.15) is 5.82 Å². The molecule has 0 bridgehead atoms. The normalized spacial score (nSPS) is 10.9. The van der Waals surface area contributed by atoms with Crippen molar-refractivity contribution in [3.8, 4) is 0 Å². The molecule has 0 saturated heterocycles. The van der Waals surface area contributed by atoms with Gasteiger partial charge in [-0.25, -0.2) is 4.39 Å². The molecule has 4 rings (SSSR count). The first-order chi connectivity index (χ1) is 13.6. The molecule has 0 unspecified atom stereocenters. The highest BCUT2D eigenvalue weighted by atomic mass is 19.1. The van der Waals surface area contributed by atoms with Crippen LogP contribution in [0.25, 0.3) is 10.9 Å². The second-order valence-electron chi connectivity index (χ2n) is 6.74. The smallest absolute Gasteiger partial charge is 0.231 e. The molecule has 4 nitrogen and oxygen atoms in total. The Labute approximate surface area is 162 Å². The first kappa shape index (κ1) is 17.9. The summed E-state index contributed by atoms with van der Waals surface area (Å²) in [6.07, 6.45) is 3.95. The fourth-order valence-corrected chi connectivity index (χ4v) is 3.42. The predicted octanol–water partition coefficient (Wildman–Crippen LogP) is 4.49. The Hall–Kier alpha value is -3.47. The molecule has 0 aliphatic carbocycles. The van der Waals surface area contributed by atoms with Crippen molar-refractivity contribution in [3.05, 3.63) is 96.2 Å². The van der Waals surface area contributed by atoms with Gasteiger partial charge >= 0.3 is 0 Å². The average Bonchev–Trinajstić information content (AvgIpc) is 3.03. The maximum atomic E-state index is 13.4. The second kappa shape index (κ2) is 7.64. The lowest BCUT2D eigenvalue weighted by atomic mass is 10.1. The highest BCUT2D eigenvalue weighted by Gasteiger charge is 2.19. The number of halogens is 1. The number of fused-ring (bicyclic) bond motifs is 1. The summed E-state index contributed by atoms with van der Waals surface area (Å²) in [6.45, 7) is 0.329. The minimum atomic E-state index is -0.331. The first-order valence-electron chi connectivity index (χ1n) is 9.10. The van der Waals surface area contributed by atoms with Crippen molar-refractivity contribution in [2.45, 2.75) is 13.0 Å². The number of rotatable bonds is 5. The minimum Gasteiger partial charge on any atom is -0.350 e. The van der Waals surface area contributed by atoms with E-state index in [4.69, 9.17) is 0 Å². The van der Waals surface area contributed by atoms with E-state index in [0.717, 1.165) is 22.2 Å². The van der Waals surface area contributed by atoms with Crippen molar-refractivity contribution in [2.75, 3.05) is 4.90 Å². The van der Waals surface area contributed by atoms with Crippen molar-refractivity contribution >= 4 is 22.5 Å². The molecule has 0 aliphatic rings. The number of aromatic nitrogens is 2.